The van der Waals surface area contributed by atoms with Crippen molar-refractivity contribution >= 4 is 11.7 Å². The van der Waals surface area contributed by atoms with E-state index in [0.717, 1.165) is 12.8 Å². The SMILES string of the molecule is CN(C(=O)COc1ccccc1)C1CCC(=O)CC1. The lowest BCUT2D eigenvalue weighted by atomic mass is 9.93. The largest absolute Gasteiger partial charge is 0.484 e. The van der Waals surface area contributed by atoms with Crippen LogP contribution >= 0.6 is 0 Å². The van der Waals surface area contributed by atoms with E-state index in [1.54, 1.807) is 11.9 Å². The molecule has 1 saturated carbocycles. The molecule has 0 radical (unpaired) electrons. The third-order valence-corrected chi connectivity index (χ3v) is 3.56. The van der Waals surface area contributed by atoms with E-state index in [4.69, 9.17) is 4.74 Å². The van der Waals surface area contributed by atoms with Crippen molar-refractivity contribution < 1.29 is 14.3 Å². The molecule has 2 rings (SSSR count). The number of hydrogen-bond donors (Lipinski definition) is 0. The van der Waals surface area contributed by atoms with Crippen LogP contribution < -0.4 is 4.74 Å². The van der Waals surface area contributed by atoms with Gasteiger partial charge in [-0.2, -0.15) is 0 Å². The number of hydrogen-bond acceptors (Lipinski definition) is 3. The van der Waals surface area contributed by atoms with Gasteiger partial charge in [0.2, 0.25) is 0 Å². The molecule has 0 unspecified atom stereocenters. The normalized spacial score (nSPS) is 16.2. The first-order valence-electron chi connectivity index (χ1n) is 6.62. The van der Waals surface area contributed by atoms with Gasteiger partial charge in [0.1, 0.15) is 11.5 Å². The molecule has 1 amide bonds. The molecule has 0 saturated heterocycles. The number of benzene rings is 1. The summed E-state index contributed by atoms with van der Waals surface area (Å²) in [6, 6.07) is 9.47. The van der Waals surface area contributed by atoms with Crippen molar-refractivity contribution in [2.24, 2.45) is 0 Å². The third kappa shape index (κ3) is 3.81. The van der Waals surface area contributed by atoms with Crippen molar-refractivity contribution in [3.8, 4) is 5.75 Å². The summed E-state index contributed by atoms with van der Waals surface area (Å²) in [7, 11) is 1.79. The average molecular weight is 261 g/mol. The van der Waals surface area contributed by atoms with Crippen molar-refractivity contribution in [1.29, 1.82) is 0 Å². The predicted octanol–water partition coefficient (Wildman–Crippen LogP) is 2.04. The fourth-order valence-electron chi connectivity index (χ4n) is 2.28. The Morgan fingerprint density at radius 3 is 2.53 bits per heavy atom. The van der Waals surface area contributed by atoms with Crippen LogP contribution in [0.4, 0.5) is 0 Å². The predicted molar refractivity (Wildman–Crippen MR) is 72.0 cm³/mol. The number of Topliss-reactive ketones (excluding diaryl/α,β-unsaturated/α-hetero) is 1. The van der Waals surface area contributed by atoms with E-state index in [-0.39, 0.29) is 18.6 Å². The zero-order valence-electron chi connectivity index (χ0n) is 11.2. The van der Waals surface area contributed by atoms with Gasteiger partial charge in [-0.15, -0.1) is 0 Å². The van der Waals surface area contributed by atoms with Crippen LogP contribution in [-0.4, -0.2) is 36.3 Å². The maximum absolute atomic E-state index is 12.0. The number of amides is 1. The first-order chi connectivity index (χ1) is 9.16. The topological polar surface area (TPSA) is 46.6 Å². The molecule has 0 atom stereocenters. The Balaban J connectivity index is 1.81. The molecular formula is C15H19NO3. The molecule has 1 aromatic rings. The lowest BCUT2D eigenvalue weighted by Crippen LogP contribution is -2.41. The lowest BCUT2D eigenvalue weighted by molar-refractivity contribution is -0.136. The Labute approximate surface area is 113 Å². The molecule has 0 spiro atoms. The summed E-state index contributed by atoms with van der Waals surface area (Å²) in [6.07, 6.45) is 2.71. The molecular weight excluding hydrogens is 242 g/mol. The molecule has 0 N–H and O–H groups in total. The molecule has 0 aromatic heterocycles. The number of ether oxygens (including phenoxy) is 1. The van der Waals surface area contributed by atoms with Crippen molar-refractivity contribution in [2.45, 2.75) is 31.7 Å². The Morgan fingerprint density at radius 1 is 1.26 bits per heavy atom. The summed E-state index contributed by atoms with van der Waals surface area (Å²) < 4.78 is 5.44. The molecule has 0 aliphatic heterocycles. The number of rotatable bonds is 4. The number of carbonyl (C=O) groups is 2. The number of nitrogens with zero attached hydrogens (tertiary/aromatic N) is 1. The molecule has 0 bridgehead atoms. The van der Waals surface area contributed by atoms with Gasteiger partial charge in [-0.3, -0.25) is 9.59 Å². The van der Waals surface area contributed by atoms with Crippen molar-refractivity contribution in [2.75, 3.05) is 13.7 Å². The van der Waals surface area contributed by atoms with Crippen LogP contribution in [0.1, 0.15) is 25.7 Å². The second kappa shape index (κ2) is 6.36. The van der Waals surface area contributed by atoms with Gasteiger partial charge in [0, 0.05) is 25.9 Å². The van der Waals surface area contributed by atoms with E-state index in [9.17, 15) is 9.59 Å². The van der Waals surface area contributed by atoms with E-state index in [0.29, 0.717) is 24.4 Å². The molecule has 0 heterocycles. The molecule has 1 aliphatic carbocycles. The second-order valence-electron chi connectivity index (χ2n) is 4.88. The molecule has 102 valence electrons. The second-order valence-corrected chi connectivity index (χ2v) is 4.88. The molecule has 4 nitrogen and oxygen atoms in total. The summed E-state index contributed by atoms with van der Waals surface area (Å²) in [5, 5.41) is 0. The number of para-hydroxylation sites is 1. The maximum Gasteiger partial charge on any atom is 0.260 e. The van der Waals surface area contributed by atoms with E-state index in [1.165, 1.54) is 0 Å². The molecule has 1 aromatic carbocycles. The monoisotopic (exact) mass is 261 g/mol. The highest BCUT2D eigenvalue weighted by Gasteiger charge is 2.25. The van der Waals surface area contributed by atoms with Gasteiger partial charge < -0.3 is 9.64 Å². The summed E-state index contributed by atoms with van der Waals surface area (Å²) in [5.41, 5.74) is 0. The van der Waals surface area contributed by atoms with Gasteiger partial charge in [-0.25, -0.2) is 0 Å². The minimum absolute atomic E-state index is 0.0387. The highest BCUT2D eigenvalue weighted by atomic mass is 16.5. The maximum atomic E-state index is 12.0. The fraction of sp³-hybridized carbons (Fsp3) is 0.467. The van der Waals surface area contributed by atoms with E-state index in [1.807, 2.05) is 30.3 Å². The number of carbonyl (C=O) groups excluding carboxylic acids is 2. The third-order valence-electron chi connectivity index (χ3n) is 3.56. The van der Waals surface area contributed by atoms with Crippen LogP contribution in [0.15, 0.2) is 30.3 Å². The van der Waals surface area contributed by atoms with Gasteiger partial charge >= 0.3 is 0 Å². The summed E-state index contributed by atoms with van der Waals surface area (Å²) in [5.74, 6) is 0.962. The van der Waals surface area contributed by atoms with Crippen molar-refractivity contribution in [1.82, 2.24) is 4.90 Å². The average Bonchev–Trinajstić information content (AvgIpc) is 2.46. The van der Waals surface area contributed by atoms with Gasteiger partial charge in [0.25, 0.3) is 5.91 Å². The zero-order valence-corrected chi connectivity index (χ0v) is 11.2. The fourth-order valence-corrected chi connectivity index (χ4v) is 2.28. The summed E-state index contributed by atoms with van der Waals surface area (Å²) >= 11 is 0. The lowest BCUT2D eigenvalue weighted by Gasteiger charge is -2.30. The van der Waals surface area contributed by atoms with Crippen molar-refractivity contribution in [3.05, 3.63) is 30.3 Å². The summed E-state index contributed by atoms with van der Waals surface area (Å²) in [6.45, 7) is 0.0466. The molecule has 4 heteroatoms. The Morgan fingerprint density at radius 2 is 1.89 bits per heavy atom. The minimum Gasteiger partial charge on any atom is -0.484 e. The highest BCUT2D eigenvalue weighted by Crippen LogP contribution is 2.19. The Bertz CT molecular complexity index is 434. The van der Waals surface area contributed by atoms with Crippen LogP contribution in [0.25, 0.3) is 0 Å². The Kier molecular flexibility index (Phi) is 4.55. The molecule has 1 aliphatic rings. The van der Waals surface area contributed by atoms with Gasteiger partial charge in [0.15, 0.2) is 6.61 Å². The smallest absolute Gasteiger partial charge is 0.260 e. The van der Waals surface area contributed by atoms with E-state index >= 15 is 0 Å². The highest BCUT2D eigenvalue weighted by molar-refractivity contribution is 5.80. The zero-order chi connectivity index (χ0) is 13.7. The standard InChI is InChI=1S/C15H19NO3/c1-16(12-7-9-13(17)10-8-12)15(18)11-19-14-5-3-2-4-6-14/h2-6,12H,7-11H2,1H3. The van der Waals surface area contributed by atoms with Crippen LogP contribution in [0.3, 0.4) is 0 Å². The molecule has 1 fully saturated rings. The Hall–Kier alpha value is -1.84. The number of ketones is 1. The molecule has 19 heavy (non-hydrogen) atoms. The van der Waals surface area contributed by atoms with Crippen LogP contribution in [0.2, 0.25) is 0 Å². The van der Waals surface area contributed by atoms with Crippen molar-refractivity contribution in [3.63, 3.8) is 0 Å². The van der Waals surface area contributed by atoms with E-state index in [2.05, 4.69) is 0 Å². The first kappa shape index (κ1) is 13.6. The van der Waals surface area contributed by atoms with Gasteiger partial charge in [0.05, 0.1) is 0 Å². The first-order valence-corrected chi connectivity index (χ1v) is 6.62. The van der Waals surface area contributed by atoms with Crippen LogP contribution in [-0.2, 0) is 9.59 Å². The van der Waals surface area contributed by atoms with Gasteiger partial charge in [-0.05, 0) is 25.0 Å². The van der Waals surface area contributed by atoms with E-state index < -0.39 is 0 Å². The summed E-state index contributed by atoms with van der Waals surface area (Å²) in [4.78, 5) is 24.9. The quantitative estimate of drug-likeness (QED) is 0.833. The van der Waals surface area contributed by atoms with Crippen LogP contribution in [0, 0.1) is 0 Å². The van der Waals surface area contributed by atoms with Crippen LogP contribution in [0.5, 0.6) is 5.75 Å². The minimum atomic E-state index is -0.0387. The van der Waals surface area contributed by atoms with Gasteiger partial charge in [-0.1, -0.05) is 18.2 Å². The number of likely N-dealkylation sites (N-methyl/N-ethyl adjacent to an activating group) is 1.